The van der Waals surface area contributed by atoms with Gasteiger partial charge >= 0.3 is 12.0 Å². The number of aliphatic carboxylic acids is 1. The molecule has 2 atom stereocenters. The van der Waals surface area contributed by atoms with E-state index >= 15 is 0 Å². The predicted octanol–water partition coefficient (Wildman–Crippen LogP) is 1.75. The summed E-state index contributed by atoms with van der Waals surface area (Å²) in [5.74, 6) is -1.000. The standard InChI is InChI=1S/C18H25N3O4/c1-2-7-19-15-5-3-13(4-6-15)8-20-17(24)21-9-14-10-25-12-18(14,11-21)16(22)23/h3-6,14,19H,2,7-12H2,1H3,(H,20,24)(H,22,23)/t14-,18-/m1/s1. The first-order chi connectivity index (χ1) is 12.0. The number of benzene rings is 1. The molecule has 7 heteroatoms. The smallest absolute Gasteiger partial charge is 0.317 e. The van der Waals surface area contributed by atoms with Gasteiger partial charge in [-0.15, -0.1) is 0 Å². The number of carboxylic acid groups (broad SMARTS) is 1. The van der Waals surface area contributed by atoms with Crippen LogP contribution in [0, 0.1) is 11.3 Å². The quantitative estimate of drug-likeness (QED) is 0.729. The Hall–Kier alpha value is -2.28. The number of fused-ring (bicyclic) bond motifs is 1. The fraction of sp³-hybridized carbons (Fsp3) is 0.556. The summed E-state index contributed by atoms with van der Waals surface area (Å²) in [6, 6.07) is 7.72. The highest BCUT2D eigenvalue weighted by molar-refractivity contribution is 5.80. The fourth-order valence-electron chi connectivity index (χ4n) is 3.49. The Kier molecular flexibility index (Phi) is 5.13. The minimum atomic E-state index is -0.941. The maximum absolute atomic E-state index is 12.4. The monoisotopic (exact) mass is 347 g/mol. The van der Waals surface area contributed by atoms with Gasteiger partial charge in [-0.2, -0.15) is 0 Å². The van der Waals surface area contributed by atoms with Crippen LogP contribution in [-0.4, -0.2) is 54.9 Å². The number of hydrogen-bond acceptors (Lipinski definition) is 4. The molecule has 2 aliphatic rings. The lowest BCUT2D eigenvalue weighted by molar-refractivity contribution is -0.149. The molecule has 3 rings (SSSR count). The molecule has 0 aromatic heterocycles. The topological polar surface area (TPSA) is 90.9 Å². The van der Waals surface area contributed by atoms with Gasteiger partial charge in [0.2, 0.25) is 0 Å². The van der Waals surface area contributed by atoms with Crippen LogP contribution in [0.15, 0.2) is 24.3 Å². The van der Waals surface area contributed by atoms with Crippen LogP contribution in [0.4, 0.5) is 10.5 Å². The lowest BCUT2D eigenvalue weighted by atomic mass is 9.81. The molecule has 3 N–H and O–H groups in total. The summed E-state index contributed by atoms with van der Waals surface area (Å²) in [7, 11) is 0. The average molecular weight is 347 g/mol. The zero-order valence-corrected chi connectivity index (χ0v) is 14.5. The van der Waals surface area contributed by atoms with Crippen molar-refractivity contribution in [2.24, 2.45) is 11.3 Å². The molecule has 2 saturated heterocycles. The van der Waals surface area contributed by atoms with Gasteiger partial charge in [0.05, 0.1) is 13.2 Å². The van der Waals surface area contributed by atoms with Crippen molar-refractivity contribution >= 4 is 17.7 Å². The van der Waals surface area contributed by atoms with Gasteiger partial charge in [-0.05, 0) is 24.1 Å². The van der Waals surface area contributed by atoms with E-state index in [9.17, 15) is 14.7 Å². The number of urea groups is 1. The normalized spacial score (nSPS) is 24.8. The van der Waals surface area contributed by atoms with Gasteiger partial charge in [0.15, 0.2) is 0 Å². The van der Waals surface area contributed by atoms with Crippen LogP contribution < -0.4 is 10.6 Å². The van der Waals surface area contributed by atoms with Crippen LogP contribution in [0.25, 0.3) is 0 Å². The van der Waals surface area contributed by atoms with Gasteiger partial charge in [0.25, 0.3) is 0 Å². The van der Waals surface area contributed by atoms with Gasteiger partial charge in [-0.1, -0.05) is 19.1 Å². The third-order valence-electron chi connectivity index (χ3n) is 5.06. The zero-order chi connectivity index (χ0) is 17.9. The molecule has 0 spiro atoms. The number of nitrogens with zero attached hydrogens (tertiary/aromatic N) is 1. The van der Waals surface area contributed by atoms with Gasteiger partial charge in [0, 0.05) is 37.8 Å². The SMILES string of the molecule is CCCNc1ccc(CNC(=O)N2C[C@@H]3COC[C@]3(C(=O)O)C2)cc1. The van der Waals surface area contributed by atoms with E-state index in [1.807, 2.05) is 24.3 Å². The molecule has 2 amide bonds. The molecule has 7 nitrogen and oxygen atoms in total. The predicted molar refractivity (Wildman–Crippen MR) is 93.4 cm³/mol. The third kappa shape index (κ3) is 3.56. The number of likely N-dealkylation sites (tertiary alicyclic amines) is 1. The summed E-state index contributed by atoms with van der Waals surface area (Å²) in [5.41, 5.74) is 1.13. The highest BCUT2D eigenvalue weighted by atomic mass is 16.5. The maximum Gasteiger partial charge on any atom is 0.317 e. The van der Waals surface area contributed by atoms with E-state index in [1.165, 1.54) is 0 Å². The largest absolute Gasteiger partial charge is 0.481 e. The van der Waals surface area contributed by atoms with Crippen molar-refractivity contribution in [2.45, 2.75) is 19.9 Å². The second kappa shape index (κ2) is 7.31. The number of hydrogen-bond donors (Lipinski definition) is 3. The summed E-state index contributed by atoms with van der Waals surface area (Å²) >= 11 is 0. The summed E-state index contributed by atoms with van der Waals surface area (Å²) in [5, 5.41) is 15.7. The highest BCUT2D eigenvalue weighted by Crippen LogP contribution is 2.41. The molecule has 0 saturated carbocycles. The van der Waals surface area contributed by atoms with E-state index in [2.05, 4.69) is 17.6 Å². The van der Waals surface area contributed by atoms with Crippen molar-refractivity contribution in [2.75, 3.05) is 38.2 Å². The summed E-state index contributed by atoms with van der Waals surface area (Å²) < 4.78 is 5.33. The zero-order valence-electron chi connectivity index (χ0n) is 14.5. The number of anilines is 1. The summed E-state index contributed by atoms with van der Waals surface area (Å²) in [6.45, 7) is 4.69. The third-order valence-corrected chi connectivity index (χ3v) is 5.06. The van der Waals surface area contributed by atoms with Gasteiger partial charge in [-0.25, -0.2) is 4.79 Å². The molecule has 0 radical (unpaired) electrons. The first-order valence-electron chi connectivity index (χ1n) is 8.72. The van der Waals surface area contributed by atoms with Gasteiger partial charge in [0.1, 0.15) is 5.41 Å². The molecule has 0 unspecified atom stereocenters. The van der Waals surface area contributed by atoms with Crippen LogP contribution in [0.3, 0.4) is 0 Å². The van der Waals surface area contributed by atoms with Crippen molar-refractivity contribution in [1.29, 1.82) is 0 Å². The molecule has 25 heavy (non-hydrogen) atoms. The number of rotatable bonds is 6. The molecule has 2 aliphatic heterocycles. The molecule has 1 aromatic carbocycles. The molecule has 2 heterocycles. The number of carbonyl (C=O) groups excluding carboxylic acids is 1. The Bertz CT molecular complexity index is 634. The van der Waals surface area contributed by atoms with Crippen molar-refractivity contribution in [3.05, 3.63) is 29.8 Å². The maximum atomic E-state index is 12.4. The Morgan fingerprint density at radius 2 is 2.12 bits per heavy atom. The molecule has 2 fully saturated rings. The second-order valence-corrected chi connectivity index (χ2v) is 6.84. The van der Waals surface area contributed by atoms with Crippen molar-refractivity contribution in [3.8, 4) is 0 Å². The van der Waals surface area contributed by atoms with Crippen LogP contribution >= 0.6 is 0 Å². The lowest BCUT2D eigenvalue weighted by Crippen LogP contribution is -2.42. The van der Waals surface area contributed by atoms with E-state index in [0.29, 0.717) is 19.7 Å². The highest BCUT2D eigenvalue weighted by Gasteiger charge is 2.57. The number of carboxylic acids is 1. The first kappa shape index (κ1) is 17.5. The first-order valence-corrected chi connectivity index (χ1v) is 8.72. The Balaban J connectivity index is 1.52. The minimum Gasteiger partial charge on any atom is -0.481 e. The number of carbonyl (C=O) groups is 2. The summed E-state index contributed by atoms with van der Waals surface area (Å²) in [6.07, 6.45) is 1.07. The molecule has 0 aliphatic carbocycles. The average Bonchev–Trinajstić information content (AvgIpc) is 3.17. The van der Waals surface area contributed by atoms with E-state index in [-0.39, 0.29) is 25.1 Å². The number of ether oxygens (including phenoxy) is 1. The Morgan fingerprint density at radius 1 is 1.36 bits per heavy atom. The van der Waals surface area contributed by atoms with Crippen LogP contribution in [0.1, 0.15) is 18.9 Å². The second-order valence-electron chi connectivity index (χ2n) is 6.84. The minimum absolute atomic E-state index is 0.125. The van der Waals surface area contributed by atoms with E-state index in [1.54, 1.807) is 4.90 Å². The lowest BCUT2D eigenvalue weighted by Gasteiger charge is -2.22. The van der Waals surface area contributed by atoms with Crippen molar-refractivity contribution < 1.29 is 19.4 Å². The van der Waals surface area contributed by atoms with Crippen molar-refractivity contribution in [3.63, 3.8) is 0 Å². The molecule has 0 bridgehead atoms. The Labute approximate surface area is 147 Å². The fourth-order valence-corrected chi connectivity index (χ4v) is 3.49. The number of nitrogens with one attached hydrogen (secondary N) is 2. The van der Waals surface area contributed by atoms with Crippen LogP contribution in [0.5, 0.6) is 0 Å². The van der Waals surface area contributed by atoms with E-state index < -0.39 is 11.4 Å². The van der Waals surface area contributed by atoms with Gasteiger partial charge in [-0.3, -0.25) is 4.79 Å². The Morgan fingerprint density at radius 3 is 2.76 bits per heavy atom. The van der Waals surface area contributed by atoms with E-state index in [4.69, 9.17) is 4.74 Å². The van der Waals surface area contributed by atoms with Gasteiger partial charge < -0.3 is 25.4 Å². The molecule has 1 aromatic rings. The molecule has 136 valence electrons. The molecular weight excluding hydrogens is 322 g/mol. The number of amides is 2. The molecular formula is C18H25N3O4. The summed E-state index contributed by atoms with van der Waals surface area (Å²) in [4.78, 5) is 25.6. The van der Waals surface area contributed by atoms with E-state index in [0.717, 1.165) is 24.2 Å². The van der Waals surface area contributed by atoms with Crippen LogP contribution in [-0.2, 0) is 16.1 Å². The van der Waals surface area contributed by atoms with Crippen molar-refractivity contribution in [1.82, 2.24) is 10.2 Å². The van der Waals surface area contributed by atoms with Crippen LogP contribution in [0.2, 0.25) is 0 Å².